The van der Waals surface area contributed by atoms with Gasteiger partial charge in [0.2, 0.25) is 5.91 Å². The van der Waals surface area contributed by atoms with Gasteiger partial charge in [-0.3, -0.25) is 4.79 Å². The summed E-state index contributed by atoms with van der Waals surface area (Å²) in [6.07, 6.45) is 0.388. The maximum atomic E-state index is 11.9. The van der Waals surface area contributed by atoms with Crippen LogP contribution in [-0.4, -0.2) is 41.1 Å². The fourth-order valence-electron chi connectivity index (χ4n) is 2.00. The zero-order valence-electron chi connectivity index (χ0n) is 12.5. The van der Waals surface area contributed by atoms with Crippen LogP contribution in [0.3, 0.4) is 0 Å². The van der Waals surface area contributed by atoms with E-state index in [9.17, 15) is 9.90 Å². The average Bonchev–Trinajstić information content (AvgIpc) is 2.33. The third-order valence-corrected chi connectivity index (χ3v) is 2.88. The maximum Gasteiger partial charge on any atom is 0.225 e. The number of benzene rings is 1. The van der Waals surface area contributed by atoms with Gasteiger partial charge in [-0.25, -0.2) is 0 Å². The quantitative estimate of drug-likeness (QED) is 0.664. The number of likely N-dealkylation sites (N-methyl/N-ethyl adjacent to an activating group) is 1. The molecule has 0 radical (unpaired) electrons. The summed E-state index contributed by atoms with van der Waals surface area (Å²) < 4.78 is 0. The van der Waals surface area contributed by atoms with Crippen molar-refractivity contribution in [2.45, 2.75) is 32.8 Å². The number of hydrogen-bond acceptors (Lipinski definition) is 4. The zero-order valence-corrected chi connectivity index (χ0v) is 12.5. The van der Waals surface area contributed by atoms with Crippen LogP contribution in [0.4, 0.5) is 11.4 Å². The van der Waals surface area contributed by atoms with Crippen LogP contribution < -0.4 is 11.1 Å². The van der Waals surface area contributed by atoms with Gasteiger partial charge < -0.3 is 21.1 Å². The molecule has 1 aromatic rings. The highest BCUT2D eigenvalue weighted by molar-refractivity contribution is 5.91. The van der Waals surface area contributed by atoms with Gasteiger partial charge in [-0.2, -0.15) is 0 Å². The van der Waals surface area contributed by atoms with Gasteiger partial charge >= 0.3 is 0 Å². The van der Waals surface area contributed by atoms with Gasteiger partial charge in [-0.1, -0.05) is 13.0 Å². The van der Waals surface area contributed by atoms with Crippen LogP contribution in [0, 0.1) is 0 Å². The Bertz CT molecular complexity index is 441. The summed E-state index contributed by atoms with van der Waals surface area (Å²) in [5.41, 5.74) is 6.24. The fraction of sp³-hybridized carbons (Fsp3) is 0.533. The van der Waals surface area contributed by atoms with Crippen LogP contribution in [0.25, 0.3) is 0 Å². The Kier molecular flexibility index (Phi) is 5.98. The summed E-state index contributed by atoms with van der Waals surface area (Å²) >= 11 is 0. The van der Waals surface area contributed by atoms with E-state index in [1.54, 1.807) is 32.0 Å². The van der Waals surface area contributed by atoms with Gasteiger partial charge in [0.25, 0.3) is 0 Å². The molecule has 0 heterocycles. The van der Waals surface area contributed by atoms with Crippen molar-refractivity contribution >= 4 is 17.3 Å². The lowest BCUT2D eigenvalue weighted by atomic mass is 10.1. The lowest BCUT2D eigenvalue weighted by Gasteiger charge is -2.27. The number of aliphatic hydroxyl groups is 1. The molecule has 0 fully saturated rings. The summed E-state index contributed by atoms with van der Waals surface area (Å²) in [5, 5.41) is 12.6. The Morgan fingerprint density at radius 3 is 2.70 bits per heavy atom. The van der Waals surface area contributed by atoms with Crippen molar-refractivity contribution in [1.82, 2.24) is 4.90 Å². The van der Waals surface area contributed by atoms with Gasteiger partial charge in [0.1, 0.15) is 0 Å². The van der Waals surface area contributed by atoms with Crippen molar-refractivity contribution < 1.29 is 9.90 Å². The van der Waals surface area contributed by atoms with Crippen molar-refractivity contribution in [3.05, 3.63) is 24.3 Å². The molecule has 20 heavy (non-hydrogen) atoms. The Morgan fingerprint density at radius 1 is 1.45 bits per heavy atom. The number of carbonyl (C=O) groups is 1. The Hall–Kier alpha value is -1.59. The van der Waals surface area contributed by atoms with Gasteiger partial charge in [-0.05, 0) is 38.6 Å². The number of rotatable bonds is 7. The largest absolute Gasteiger partial charge is 0.399 e. The second-order valence-corrected chi connectivity index (χ2v) is 5.60. The zero-order chi connectivity index (χ0) is 15.2. The number of anilines is 2. The molecule has 0 saturated heterocycles. The molecule has 5 nitrogen and oxygen atoms in total. The predicted molar refractivity (Wildman–Crippen MR) is 82.5 cm³/mol. The van der Waals surface area contributed by atoms with E-state index in [1.165, 1.54) is 0 Å². The van der Waals surface area contributed by atoms with Gasteiger partial charge in [-0.15, -0.1) is 0 Å². The first-order valence-electron chi connectivity index (χ1n) is 6.90. The minimum Gasteiger partial charge on any atom is -0.399 e. The Morgan fingerprint density at radius 2 is 2.15 bits per heavy atom. The normalized spacial score (nSPS) is 11.7. The van der Waals surface area contributed by atoms with E-state index in [1.807, 2.05) is 13.0 Å². The van der Waals surface area contributed by atoms with E-state index in [2.05, 4.69) is 10.2 Å². The first kappa shape index (κ1) is 16.5. The van der Waals surface area contributed by atoms with Crippen LogP contribution in [0.15, 0.2) is 24.3 Å². The third kappa shape index (κ3) is 6.54. The molecule has 0 bridgehead atoms. The number of nitrogens with one attached hydrogen (secondary N) is 1. The Balaban J connectivity index is 2.42. The van der Waals surface area contributed by atoms with Crippen LogP contribution in [0.2, 0.25) is 0 Å². The summed E-state index contributed by atoms with van der Waals surface area (Å²) in [4.78, 5) is 13.9. The predicted octanol–water partition coefficient (Wildman–Crippen LogP) is 1.69. The van der Waals surface area contributed by atoms with Crippen LogP contribution >= 0.6 is 0 Å². The first-order chi connectivity index (χ1) is 9.30. The molecule has 1 amide bonds. The molecule has 112 valence electrons. The smallest absolute Gasteiger partial charge is 0.225 e. The number of nitrogens with two attached hydrogens (primary N) is 1. The Labute approximate surface area is 120 Å². The standard InChI is InChI=1S/C15H25N3O2/c1-4-18(11-15(2,3)20)9-8-14(19)17-13-7-5-6-12(16)10-13/h5-7,10,20H,4,8-9,11,16H2,1-3H3,(H,17,19). The molecular weight excluding hydrogens is 254 g/mol. The monoisotopic (exact) mass is 279 g/mol. The van der Waals surface area contributed by atoms with Crippen LogP contribution in [0.1, 0.15) is 27.2 Å². The van der Waals surface area contributed by atoms with Crippen molar-refractivity contribution in [3.8, 4) is 0 Å². The molecule has 0 saturated carbocycles. The number of amides is 1. The van der Waals surface area contributed by atoms with Crippen molar-refractivity contribution in [2.24, 2.45) is 0 Å². The molecule has 0 atom stereocenters. The van der Waals surface area contributed by atoms with Crippen molar-refractivity contribution in [2.75, 3.05) is 30.7 Å². The molecule has 0 spiro atoms. The molecule has 1 aromatic carbocycles. The molecule has 0 aromatic heterocycles. The topological polar surface area (TPSA) is 78.6 Å². The third-order valence-electron chi connectivity index (χ3n) is 2.88. The summed E-state index contributed by atoms with van der Waals surface area (Å²) in [6, 6.07) is 7.12. The van der Waals surface area contributed by atoms with E-state index in [0.717, 1.165) is 6.54 Å². The van der Waals surface area contributed by atoms with E-state index in [4.69, 9.17) is 5.73 Å². The van der Waals surface area contributed by atoms with Gasteiger partial charge in [0.05, 0.1) is 5.60 Å². The van der Waals surface area contributed by atoms with Gasteiger partial charge in [0.15, 0.2) is 0 Å². The molecule has 1 rings (SSSR count). The second kappa shape index (κ2) is 7.26. The molecule has 0 unspecified atom stereocenters. The molecule has 0 aliphatic heterocycles. The van der Waals surface area contributed by atoms with Gasteiger partial charge in [0, 0.05) is 30.9 Å². The number of nitrogens with zero attached hydrogens (tertiary/aromatic N) is 1. The first-order valence-corrected chi connectivity index (χ1v) is 6.90. The highest BCUT2D eigenvalue weighted by Crippen LogP contribution is 2.12. The summed E-state index contributed by atoms with van der Waals surface area (Å²) in [7, 11) is 0. The summed E-state index contributed by atoms with van der Waals surface area (Å²) in [6.45, 7) is 7.52. The minimum absolute atomic E-state index is 0.0511. The van der Waals surface area contributed by atoms with Crippen molar-refractivity contribution in [3.63, 3.8) is 0 Å². The second-order valence-electron chi connectivity index (χ2n) is 5.60. The van der Waals surface area contributed by atoms with E-state index >= 15 is 0 Å². The molecule has 0 aliphatic carbocycles. The fourth-order valence-corrected chi connectivity index (χ4v) is 2.00. The number of nitrogen functional groups attached to an aromatic ring is 1. The lowest BCUT2D eigenvalue weighted by Crippen LogP contribution is -2.39. The van der Waals surface area contributed by atoms with Crippen LogP contribution in [0.5, 0.6) is 0 Å². The highest BCUT2D eigenvalue weighted by atomic mass is 16.3. The number of hydrogen-bond donors (Lipinski definition) is 3. The molecule has 0 aliphatic rings. The van der Waals surface area contributed by atoms with E-state index < -0.39 is 5.60 Å². The summed E-state index contributed by atoms with van der Waals surface area (Å²) in [5.74, 6) is -0.0511. The molecule has 4 N–H and O–H groups in total. The molecule has 5 heteroatoms. The van der Waals surface area contributed by atoms with E-state index in [0.29, 0.717) is 30.9 Å². The SMILES string of the molecule is CCN(CCC(=O)Nc1cccc(N)c1)CC(C)(C)O. The average molecular weight is 279 g/mol. The van der Waals surface area contributed by atoms with Crippen LogP contribution in [-0.2, 0) is 4.79 Å². The van der Waals surface area contributed by atoms with E-state index in [-0.39, 0.29) is 5.91 Å². The molecular formula is C15H25N3O2. The maximum absolute atomic E-state index is 11.9. The lowest BCUT2D eigenvalue weighted by molar-refractivity contribution is -0.116. The minimum atomic E-state index is -0.750. The number of carbonyl (C=O) groups excluding carboxylic acids is 1. The van der Waals surface area contributed by atoms with Crippen molar-refractivity contribution in [1.29, 1.82) is 0 Å². The highest BCUT2D eigenvalue weighted by Gasteiger charge is 2.17.